The van der Waals surface area contributed by atoms with E-state index in [4.69, 9.17) is 0 Å². The van der Waals surface area contributed by atoms with E-state index in [0.29, 0.717) is 0 Å². The van der Waals surface area contributed by atoms with Crippen LogP contribution in [0.1, 0.15) is 29.1 Å². The van der Waals surface area contributed by atoms with Crippen LogP contribution in [0.2, 0.25) is 0 Å². The van der Waals surface area contributed by atoms with Crippen LogP contribution >= 0.6 is 11.3 Å². The molecule has 162 valence electrons. The second kappa shape index (κ2) is 8.57. The maximum atomic E-state index is 13.8. The molecular formula is C24H19F2N3O2S. The largest absolute Gasteiger partial charge is 0.385 e. The first kappa shape index (κ1) is 21.7. The van der Waals surface area contributed by atoms with E-state index >= 15 is 0 Å². The van der Waals surface area contributed by atoms with E-state index in [1.54, 1.807) is 38.4 Å². The van der Waals surface area contributed by atoms with Gasteiger partial charge < -0.3 is 10.4 Å². The molecule has 0 atom stereocenters. The van der Waals surface area contributed by atoms with Crippen LogP contribution in [-0.2, 0) is 5.60 Å². The van der Waals surface area contributed by atoms with Gasteiger partial charge in [0, 0.05) is 45.0 Å². The molecule has 0 aliphatic carbocycles. The Bertz CT molecular complexity index is 1250. The van der Waals surface area contributed by atoms with Gasteiger partial charge in [-0.1, -0.05) is 12.1 Å². The second-order valence-electron chi connectivity index (χ2n) is 7.64. The fraction of sp³-hybridized carbons (Fsp3) is 0.125. The lowest BCUT2D eigenvalue weighted by Crippen LogP contribution is -2.16. The average molecular weight is 451 g/mol. The van der Waals surface area contributed by atoms with Gasteiger partial charge in [-0.25, -0.2) is 13.8 Å². The topological polar surface area (TPSA) is 75.1 Å². The number of benzene rings is 1. The van der Waals surface area contributed by atoms with Gasteiger partial charge in [-0.15, -0.1) is 11.3 Å². The first-order valence-electron chi connectivity index (χ1n) is 9.73. The number of aromatic nitrogens is 2. The lowest BCUT2D eigenvalue weighted by atomic mass is 9.98. The highest BCUT2D eigenvalue weighted by Crippen LogP contribution is 2.42. The number of thiophene rings is 1. The summed E-state index contributed by atoms with van der Waals surface area (Å²) in [6.45, 7) is 3.42. The van der Waals surface area contributed by atoms with Crippen molar-refractivity contribution in [3.63, 3.8) is 0 Å². The number of anilines is 1. The third-order valence-electron chi connectivity index (χ3n) is 4.74. The first-order chi connectivity index (χ1) is 15.2. The van der Waals surface area contributed by atoms with Gasteiger partial charge in [-0.3, -0.25) is 9.78 Å². The third-order valence-corrected chi connectivity index (χ3v) is 6.24. The van der Waals surface area contributed by atoms with Gasteiger partial charge in [-0.05, 0) is 50.2 Å². The molecule has 5 nitrogen and oxygen atoms in total. The quantitative estimate of drug-likeness (QED) is 0.412. The molecule has 0 aliphatic heterocycles. The number of pyridine rings is 2. The third kappa shape index (κ3) is 4.42. The normalized spacial score (nSPS) is 11.4. The number of hydrogen-bond donors (Lipinski definition) is 2. The molecule has 0 saturated heterocycles. The average Bonchev–Trinajstić information content (AvgIpc) is 3.21. The molecule has 0 fully saturated rings. The van der Waals surface area contributed by atoms with E-state index in [2.05, 4.69) is 15.3 Å². The molecule has 1 amide bonds. The van der Waals surface area contributed by atoms with E-state index in [0.717, 1.165) is 38.6 Å². The molecule has 0 bridgehead atoms. The lowest BCUT2D eigenvalue weighted by Gasteiger charge is -2.17. The van der Waals surface area contributed by atoms with Crippen molar-refractivity contribution in [3.05, 3.63) is 89.2 Å². The Kier molecular flexibility index (Phi) is 5.82. The maximum Gasteiger partial charge on any atom is 0.262 e. The zero-order chi connectivity index (χ0) is 22.9. The zero-order valence-electron chi connectivity index (χ0n) is 17.3. The summed E-state index contributed by atoms with van der Waals surface area (Å²) in [6, 6.07) is 12.2. The van der Waals surface area contributed by atoms with Crippen molar-refractivity contribution >= 4 is 23.1 Å². The van der Waals surface area contributed by atoms with Gasteiger partial charge >= 0.3 is 0 Å². The van der Waals surface area contributed by atoms with Crippen LogP contribution in [-0.4, -0.2) is 21.0 Å². The number of halogens is 2. The molecule has 32 heavy (non-hydrogen) atoms. The Hall–Kier alpha value is -3.49. The molecular weight excluding hydrogens is 432 g/mol. The summed E-state index contributed by atoms with van der Waals surface area (Å²) in [4.78, 5) is 22.4. The van der Waals surface area contributed by atoms with Crippen LogP contribution in [0.25, 0.3) is 21.6 Å². The van der Waals surface area contributed by atoms with Crippen molar-refractivity contribution in [1.82, 2.24) is 9.97 Å². The van der Waals surface area contributed by atoms with Crippen molar-refractivity contribution in [1.29, 1.82) is 0 Å². The van der Waals surface area contributed by atoms with Crippen LogP contribution in [0, 0.1) is 11.6 Å². The molecule has 8 heteroatoms. The predicted molar refractivity (Wildman–Crippen MR) is 120 cm³/mol. The number of nitrogens with zero attached hydrogens (tertiary/aromatic N) is 2. The molecule has 0 spiro atoms. The van der Waals surface area contributed by atoms with Crippen molar-refractivity contribution in [2.75, 3.05) is 5.32 Å². The van der Waals surface area contributed by atoms with Gasteiger partial charge in [0.25, 0.3) is 5.91 Å². The SMILES string of the molecule is CC(C)(O)c1sc(-c2cccnc2)cc1-c1ccc(NC(=O)c2c(F)cccc2F)nc1. The Morgan fingerprint density at radius 3 is 2.38 bits per heavy atom. The van der Waals surface area contributed by atoms with Gasteiger partial charge in [0.2, 0.25) is 0 Å². The van der Waals surface area contributed by atoms with Crippen LogP contribution in [0.4, 0.5) is 14.6 Å². The zero-order valence-corrected chi connectivity index (χ0v) is 18.1. The highest BCUT2D eigenvalue weighted by Gasteiger charge is 2.25. The standard InChI is InChI=1S/C24H19F2N3O2S/c1-24(2,31)22-16(11-19(32-22)15-5-4-10-27-12-15)14-8-9-20(28-13-14)29-23(30)21-17(25)6-3-7-18(21)26/h3-13,31H,1-2H3,(H,28,29,30). The molecule has 0 saturated carbocycles. The van der Waals surface area contributed by atoms with Crippen LogP contribution < -0.4 is 5.32 Å². The Morgan fingerprint density at radius 2 is 1.78 bits per heavy atom. The summed E-state index contributed by atoms with van der Waals surface area (Å²) in [5.41, 5.74) is 0.700. The minimum Gasteiger partial charge on any atom is -0.385 e. The summed E-state index contributed by atoms with van der Waals surface area (Å²) in [5, 5.41) is 13.1. The molecule has 3 aromatic heterocycles. The van der Waals surface area contributed by atoms with E-state index in [-0.39, 0.29) is 5.82 Å². The second-order valence-corrected chi connectivity index (χ2v) is 8.69. The van der Waals surface area contributed by atoms with Crippen LogP contribution in [0.3, 0.4) is 0 Å². The number of carbonyl (C=O) groups excluding carboxylic acids is 1. The number of carbonyl (C=O) groups is 1. The highest BCUT2D eigenvalue weighted by molar-refractivity contribution is 7.16. The van der Waals surface area contributed by atoms with Crippen LogP contribution in [0.5, 0.6) is 0 Å². The van der Waals surface area contributed by atoms with E-state index in [1.807, 2.05) is 18.2 Å². The number of amides is 1. The summed E-state index contributed by atoms with van der Waals surface area (Å²) >= 11 is 1.46. The number of hydrogen-bond acceptors (Lipinski definition) is 5. The molecule has 0 aliphatic rings. The maximum absolute atomic E-state index is 13.8. The van der Waals surface area contributed by atoms with Gasteiger partial charge in [0.05, 0.1) is 5.60 Å². The first-order valence-corrected chi connectivity index (χ1v) is 10.5. The van der Waals surface area contributed by atoms with Crippen molar-refractivity contribution in [3.8, 4) is 21.6 Å². The highest BCUT2D eigenvalue weighted by atomic mass is 32.1. The van der Waals surface area contributed by atoms with Crippen molar-refractivity contribution < 1.29 is 18.7 Å². The minimum atomic E-state index is -1.09. The van der Waals surface area contributed by atoms with E-state index in [1.165, 1.54) is 23.6 Å². The lowest BCUT2D eigenvalue weighted by molar-refractivity contribution is 0.0831. The molecule has 0 radical (unpaired) electrons. The minimum absolute atomic E-state index is 0.147. The smallest absolute Gasteiger partial charge is 0.262 e. The number of aliphatic hydroxyl groups is 1. The van der Waals surface area contributed by atoms with Crippen molar-refractivity contribution in [2.24, 2.45) is 0 Å². The number of rotatable bonds is 5. The Labute approximate surface area is 187 Å². The van der Waals surface area contributed by atoms with Gasteiger partial charge in [0.15, 0.2) is 0 Å². The molecule has 4 rings (SSSR count). The predicted octanol–water partition coefficient (Wildman–Crippen LogP) is 5.63. The molecule has 4 aromatic rings. The molecule has 2 N–H and O–H groups in total. The Balaban J connectivity index is 1.64. The van der Waals surface area contributed by atoms with Gasteiger partial charge in [0.1, 0.15) is 23.0 Å². The molecule has 3 heterocycles. The monoisotopic (exact) mass is 451 g/mol. The number of nitrogens with one attached hydrogen (secondary N) is 1. The summed E-state index contributed by atoms with van der Waals surface area (Å²) < 4.78 is 27.7. The van der Waals surface area contributed by atoms with E-state index in [9.17, 15) is 18.7 Å². The summed E-state index contributed by atoms with van der Waals surface area (Å²) in [7, 11) is 0. The fourth-order valence-corrected chi connectivity index (χ4v) is 4.40. The molecule has 0 unspecified atom stereocenters. The van der Waals surface area contributed by atoms with Crippen LogP contribution in [0.15, 0.2) is 67.1 Å². The molecule has 1 aromatic carbocycles. The van der Waals surface area contributed by atoms with Gasteiger partial charge in [-0.2, -0.15) is 0 Å². The summed E-state index contributed by atoms with van der Waals surface area (Å²) in [5.74, 6) is -2.67. The summed E-state index contributed by atoms with van der Waals surface area (Å²) in [6.07, 6.45) is 4.99. The fourth-order valence-electron chi connectivity index (χ4n) is 3.23. The van der Waals surface area contributed by atoms with Crippen molar-refractivity contribution in [2.45, 2.75) is 19.4 Å². The Morgan fingerprint density at radius 1 is 1.03 bits per heavy atom. The van der Waals surface area contributed by atoms with E-state index < -0.39 is 28.7 Å².